The van der Waals surface area contributed by atoms with E-state index in [4.69, 9.17) is 14.2 Å². The van der Waals surface area contributed by atoms with Crippen LogP contribution >= 0.6 is 0 Å². The fourth-order valence-electron chi connectivity index (χ4n) is 4.60. The van der Waals surface area contributed by atoms with Crippen molar-refractivity contribution in [1.82, 2.24) is 4.98 Å². The van der Waals surface area contributed by atoms with E-state index >= 15 is 0 Å². The highest BCUT2D eigenvalue weighted by molar-refractivity contribution is 6.20. The maximum atomic E-state index is 13.4. The molecular formula is C25H24N2O4. The average molecular weight is 416 g/mol. The van der Waals surface area contributed by atoms with Crippen LogP contribution in [0.3, 0.4) is 0 Å². The van der Waals surface area contributed by atoms with Gasteiger partial charge in [-0.15, -0.1) is 0 Å². The van der Waals surface area contributed by atoms with Gasteiger partial charge in [-0.3, -0.25) is 4.79 Å². The highest BCUT2D eigenvalue weighted by Gasteiger charge is 2.40. The summed E-state index contributed by atoms with van der Waals surface area (Å²) in [6.07, 6.45) is -0.129. The van der Waals surface area contributed by atoms with Gasteiger partial charge in [-0.05, 0) is 49.7 Å². The Morgan fingerprint density at radius 2 is 2.00 bits per heavy atom. The van der Waals surface area contributed by atoms with Crippen molar-refractivity contribution < 1.29 is 19.0 Å². The first kappa shape index (κ1) is 19.8. The molecule has 0 radical (unpaired) electrons. The molecule has 1 saturated heterocycles. The number of nitrogens with zero attached hydrogens (tertiary/aromatic N) is 1. The van der Waals surface area contributed by atoms with Gasteiger partial charge in [0.2, 0.25) is 0 Å². The number of aromatic amines is 1. The molecular weight excluding hydrogens is 392 g/mol. The SMILES string of the molecule is CC1(C)OC[C@H](COc2ccc3c(c2)C(C)(C)c2[nH]c4cc(C#N)ccc4c2C3=O)O1. The molecule has 1 atom stereocenters. The van der Waals surface area contributed by atoms with Crippen LogP contribution in [0.25, 0.3) is 10.9 Å². The van der Waals surface area contributed by atoms with Crippen LogP contribution in [-0.4, -0.2) is 35.9 Å². The summed E-state index contributed by atoms with van der Waals surface area (Å²) in [6, 6.07) is 13.2. The molecule has 0 unspecified atom stereocenters. The van der Waals surface area contributed by atoms with E-state index < -0.39 is 11.2 Å². The second kappa shape index (κ2) is 6.68. The van der Waals surface area contributed by atoms with Crippen molar-refractivity contribution in [2.45, 2.75) is 45.0 Å². The highest BCUT2D eigenvalue weighted by Crippen LogP contribution is 2.44. The minimum atomic E-state index is -0.588. The van der Waals surface area contributed by atoms with Gasteiger partial charge < -0.3 is 19.2 Å². The number of ether oxygens (including phenoxy) is 3. The molecule has 5 rings (SSSR count). The van der Waals surface area contributed by atoms with Gasteiger partial charge in [0.1, 0.15) is 18.5 Å². The Bertz CT molecular complexity index is 1260. The minimum absolute atomic E-state index is 0.0129. The number of carbonyl (C=O) groups is 1. The molecule has 158 valence electrons. The van der Waals surface area contributed by atoms with Crippen molar-refractivity contribution in [3.8, 4) is 11.8 Å². The molecule has 3 aromatic rings. The van der Waals surface area contributed by atoms with Crippen LogP contribution in [0.15, 0.2) is 36.4 Å². The number of carbonyl (C=O) groups excluding carboxylic acids is 1. The Morgan fingerprint density at radius 1 is 1.19 bits per heavy atom. The molecule has 0 saturated carbocycles. The number of fused-ring (bicyclic) bond motifs is 4. The molecule has 0 bridgehead atoms. The number of benzene rings is 2. The highest BCUT2D eigenvalue weighted by atomic mass is 16.7. The van der Waals surface area contributed by atoms with Gasteiger partial charge in [0.25, 0.3) is 0 Å². The molecule has 31 heavy (non-hydrogen) atoms. The van der Waals surface area contributed by atoms with Gasteiger partial charge >= 0.3 is 0 Å². The van der Waals surface area contributed by atoms with E-state index in [2.05, 4.69) is 24.9 Å². The van der Waals surface area contributed by atoms with Crippen molar-refractivity contribution in [1.29, 1.82) is 5.26 Å². The van der Waals surface area contributed by atoms with Gasteiger partial charge in [-0.25, -0.2) is 0 Å². The van der Waals surface area contributed by atoms with Crippen molar-refractivity contribution in [3.05, 3.63) is 64.3 Å². The predicted octanol–water partition coefficient (Wildman–Crippen LogP) is 4.44. The van der Waals surface area contributed by atoms with Gasteiger partial charge in [0, 0.05) is 27.6 Å². The molecule has 2 aromatic carbocycles. The second-order valence-electron chi connectivity index (χ2n) is 9.17. The zero-order valence-corrected chi connectivity index (χ0v) is 18.0. The number of rotatable bonds is 3. The molecule has 0 spiro atoms. The molecule has 6 nitrogen and oxygen atoms in total. The van der Waals surface area contributed by atoms with Crippen LogP contribution in [0.1, 0.15) is 60.4 Å². The number of ketones is 1. The van der Waals surface area contributed by atoms with E-state index in [0.29, 0.717) is 35.7 Å². The molecule has 2 heterocycles. The molecule has 0 amide bonds. The summed E-state index contributed by atoms with van der Waals surface area (Å²) in [4.78, 5) is 16.8. The van der Waals surface area contributed by atoms with Crippen LogP contribution in [0, 0.1) is 11.3 Å². The summed E-state index contributed by atoms with van der Waals surface area (Å²) in [7, 11) is 0. The molecule has 1 aromatic heterocycles. The maximum Gasteiger partial charge on any atom is 0.195 e. The quantitative estimate of drug-likeness (QED) is 0.682. The van der Waals surface area contributed by atoms with Gasteiger partial charge in [-0.1, -0.05) is 19.9 Å². The number of hydrogen-bond acceptors (Lipinski definition) is 5. The predicted molar refractivity (Wildman–Crippen MR) is 115 cm³/mol. The summed E-state index contributed by atoms with van der Waals surface area (Å²) >= 11 is 0. The van der Waals surface area contributed by atoms with Gasteiger partial charge in [-0.2, -0.15) is 5.26 Å². The first-order valence-electron chi connectivity index (χ1n) is 10.4. The lowest BCUT2D eigenvalue weighted by atomic mass is 9.71. The van der Waals surface area contributed by atoms with E-state index in [9.17, 15) is 10.1 Å². The standard InChI is InChI=1S/C25H24N2O4/c1-24(2)19-10-15(29-12-16-13-30-25(3,4)31-16)6-8-17(19)22(28)21-18-7-5-14(11-26)9-20(18)27-23(21)24/h5-10,16,27H,12-13H2,1-4H3/t16-/m0/s1. The maximum absolute atomic E-state index is 13.4. The molecule has 1 aliphatic heterocycles. The van der Waals surface area contributed by atoms with E-state index in [-0.39, 0.29) is 11.9 Å². The largest absolute Gasteiger partial charge is 0.491 e. The molecule has 1 N–H and O–H groups in total. The smallest absolute Gasteiger partial charge is 0.195 e. The number of aromatic nitrogens is 1. The number of hydrogen-bond donors (Lipinski definition) is 1. The van der Waals surface area contributed by atoms with E-state index in [1.807, 2.05) is 38.1 Å². The third-order valence-electron chi connectivity index (χ3n) is 6.19. The topological polar surface area (TPSA) is 84.3 Å². The number of nitrogens with one attached hydrogen (secondary N) is 1. The normalized spacial score (nSPS) is 20.9. The van der Waals surface area contributed by atoms with Crippen molar-refractivity contribution in [2.24, 2.45) is 0 Å². The Morgan fingerprint density at radius 3 is 2.71 bits per heavy atom. The molecule has 2 aliphatic rings. The first-order valence-corrected chi connectivity index (χ1v) is 10.4. The molecule has 6 heteroatoms. The lowest BCUT2D eigenvalue weighted by molar-refractivity contribution is -0.141. The summed E-state index contributed by atoms with van der Waals surface area (Å²) in [6.45, 7) is 8.83. The summed E-state index contributed by atoms with van der Waals surface area (Å²) in [5.41, 5.74) is 4.07. The van der Waals surface area contributed by atoms with Crippen LogP contribution in [0.5, 0.6) is 5.75 Å². The molecule has 1 aliphatic carbocycles. The van der Waals surface area contributed by atoms with Crippen molar-refractivity contribution in [3.63, 3.8) is 0 Å². The Labute approximate surface area is 180 Å². The van der Waals surface area contributed by atoms with Crippen LogP contribution in [0.2, 0.25) is 0 Å². The fraction of sp³-hybridized carbons (Fsp3) is 0.360. The Balaban J connectivity index is 1.50. The first-order chi connectivity index (χ1) is 14.7. The van der Waals surface area contributed by atoms with E-state index in [0.717, 1.165) is 22.2 Å². The Hall–Kier alpha value is -3.14. The third kappa shape index (κ3) is 3.13. The van der Waals surface area contributed by atoms with E-state index in [1.54, 1.807) is 12.1 Å². The van der Waals surface area contributed by atoms with Gasteiger partial charge in [0.05, 0.1) is 23.8 Å². The van der Waals surface area contributed by atoms with Crippen molar-refractivity contribution >= 4 is 16.7 Å². The summed E-state index contributed by atoms with van der Waals surface area (Å²) in [5, 5.41) is 10.1. The Kier molecular flexibility index (Phi) is 4.27. The van der Waals surface area contributed by atoms with Crippen molar-refractivity contribution in [2.75, 3.05) is 13.2 Å². The fourth-order valence-corrected chi connectivity index (χ4v) is 4.60. The lowest BCUT2D eigenvalue weighted by Crippen LogP contribution is -2.30. The average Bonchev–Trinajstić information content (AvgIpc) is 3.30. The number of nitriles is 1. The second-order valence-corrected chi connectivity index (χ2v) is 9.17. The lowest BCUT2D eigenvalue weighted by Gasteiger charge is -2.32. The monoisotopic (exact) mass is 416 g/mol. The van der Waals surface area contributed by atoms with Crippen LogP contribution in [-0.2, 0) is 14.9 Å². The summed E-state index contributed by atoms with van der Waals surface area (Å²) < 4.78 is 17.4. The third-order valence-corrected chi connectivity index (χ3v) is 6.19. The van der Waals surface area contributed by atoms with Gasteiger partial charge in [0.15, 0.2) is 11.6 Å². The summed E-state index contributed by atoms with van der Waals surface area (Å²) in [5.74, 6) is 0.0933. The van der Waals surface area contributed by atoms with E-state index in [1.165, 1.54) is 0 Å². The molecule has 1 fully saturated rings. The van der Waals surface area contributed by atoms with Crippen LogP contribution in [0.4, 0.5) is 0 Å². The zero-order chi connectivity index (χ0) is 22.0. The van der Waals surface area contributed by atoms with Crippen LogP contribution < -0.4 is 4.74 Å². The minimum Gasteiger partial charge on any atom is -0.491 e. The number of H-pyrrole nitrogens is 1. The zero-order valence-electron chi connectivity index (χ0n) is 18.0.